The average molecular weight is 418 g/mol. The third-order valence-corrected chi connectivity index (χ3v) is 4.48. The molecule has 0 saturated heterocycles. The van der Waals surface area contributed by atoms with Gasteiger partial charge in [0.2, 0.25) is 0 Å². The summed E-state index contributed by atoms with van der Waals surface area (Å²) in [5.74, 6) is 0.587. The Hall–Kier alpha value is -4.13. The van der Waals surface area contributed by atoms with Crippen molar-refractivity contribution in [3.63, 3.8) is 0 Å². The van der Waals surface area contributed by atoms with Crippen molar-refractivity contribution in [3.8, 4) is 11.5 Å². The number of hydrogen-bond donors (Lipinski definition) is 1. The maximum atomic E-state index is 13.2. The molecule has 158 valence electrons. The van der Waals surface area contributed by atoms with Crippen molar-refractivity contribution in [1.82, 2.24) is 0 Å². The predicted molar refractivity (Wildman–Crippen MR) is 120 cm³/mol. The maximum absolute atomic E-state index is 13.2. The van der Waals surface area contributed by atoms with E-state index in [-0.39, 0.29) is 17.3 Å². The second-order valence-electron chi connectivity index (χ2n) is 6.52. The van der Waals surface area contributed by atoms with E-state index in [0.29, 0.717) is 17.9 Å². The van der Waals surface area contributed by atoms with Crippen molar-refractivity contribution in [2.45, 2.75) is 6.92 Å². The molecule has 0 aliphatic carbocycles. The molecule has 0 aliphatic heterocycles. The molecule has 1 N–H and O–H groups in total. The molecular weight excluding hydrogens is 396 g/mol. The second kappa shape index (κ2) is 10.1. The number of hydrogen-bond acceptors (Lipinski definition) is 5. The number of ether oxygens (including phenoxy) is 2. The summed E-state index contributed by atoms with van der Waals surface area (Å²) < 4.78 is 10.7. The molecule has 31 heavy (non-hydrogen) atoms. The van der Waals surface area contributed by atoms with E-state index in [2.05, 4.69) is 5.32 Å². The summed E-state index contributed by atoms with van der Waals surface area (Å²) in [5, 5.41) is 13.8. The molecule has 7 heteroatoms. The number of nitro groups is 1. The Labute approximate surface area is 180 Å². The van der Waals surface area contributed by atoms with Gasteiger partial charge in [-0.1, -0.05) is 42.5 Å². The highest BCUT2D eigenvalue weighted by atomic mass is 16.6. The Balaban J connectivity index is 1.95. The number of non-ortho nitro benzene ring substituents is 1. The number of anilines is 1. The number of methoxy groups -OCH3 is 1. The molecule has 0 fully saturated rings. The van der Waals surface area contributed by atoms with Crippen LogP contribution in [-0.4, -0.2) is 24.5 Å². The van der Waals surface area contributed by atoms with Crippen LogP contribution in [0.2, 0.25) is 0 Å². The van der Waals surface area contributed by atoms with E-state index < -0.39 is 4.92 Å². The van der Waals surface area contributed by atoms with Crippen molar-refractivity contribution in [3.05, 3.63) is 94.0 Å². The number of nitrogens with zero attached hydrogens (tertiary/aromatic N) is 1. The molecule has 0 aliphatic rings. The third kappa shape index (κ3) is 5.48. The van der Waals surface area contributed by atoms with Gasteiger partial charge in [0, 0.05) is 11.6 Å². The first-order chi connectivity index (χ1) is 15.0. The van der Waals surface area contributed by atoms with Crippen LogP contribution in [0.25, 0.3) is 11.6 Å². The fourth-order valence-electron chi connectivity index (χ4n) is 2.98. The lowest BCUT2D eigenvalue weighted by Gasteiger charge is -2.13. The number of nitro benzene ring substituents is 1. The van der Waals surface area contributed by atoms with Gasteiger partial charge in [0.15, 0.2) is 0 Å². The van der Waals surface area contributed by atoms with Crippen LogP contribution < -0.4 is 14.8 Å². The van der Waals surface area contributed by atoms with E-state index in [1.165, 1.54) is 25.3 Å². The van der Waals surface area contributed by atoms with Crippen molar-refractivity contribution in [1.29, 1.82) is 0 Å². The van der Waals surface area contributed by atoms with E-state index in [4.69, 9.17) is 9.47 Å². The third-order valence-electron chi connectivity index (χ3n) is 4.48. The van der Waals surface area contributed by atoms with Crippen LogP contribution in [0.15, 0.2) is 72.8 Å². The Morgan fingerprint density at radius 1 is 1.06 bits per heavy atom. The molecule has 7 nitrogen and oxygen atoms in total. The zero-order valence-electron chi connectivity index (χ0n) is 17.2. The maximum Gasteiger partial charge on any atom is 0.273 e. The Morgan fingerprint density at radius 3 is 2.39 bits per heavy atom. The van der Waals surface area contributed by atoms with Crippen LogP contribution in [0.1, 0.15) is 18.1 Å². The summed E-state index contributed by atoms with van der Waals surface area (Å²) in [4.78, 5) is 23.7. The first-order valence-electron chi connectivity index (χ1n) is 9.65. The topological polar surface area (TPSA) is 90.7 Å². The first kappa shape index (κ1) is 21.6. The predicted octanol–water partition coefficient (Wildman–Crippen LogP) is 5.18. The smallest absolute Gasteiger partial charge is 0.273 e. The van der Waals surface area contributed by atoms with Gasteiger partial charge in [-0.3, -0.25) is 14.9 Å². The van der Waals surface area contributed by atoms with Gasteiger partial charge in [-0.15, -0.1) is 0 Å². The van der Waals surface area contributed by atoms with Gasteiger partial charge < -0.3 is 14.8 Å². The van der Waals surface area contributed by atoms with Gasteiger partial charge in [-0.25, -0.2) is 0 Å². The Bertz CT molecular complexity index is 1090. The van der Waals surface area contributed by atoms with E-state index >= 15 is 0 Å². The summed E-state index contributed by atoms with van der Waals surface area (Å²) in [7, 11) is 1.39. The lowest BCUT2D eigenvalue weighted by molar-refractivity contribution is -0.384. The van der Waals surface area contributed by atoms with Gasteiger partial charge in [0.1, 0.15) is 11.5 Å². The van der Waals surface area contributed by atoms with Crippen molar-refractivity contribution in [2.24, 2.45) is 0 Å². The summed E-state index contributed by atoms with van der Waals surface area (Å²) in [5.41, 5.74) is 2.21. The molecule has 0 heterocycles. The molecular formula is C24H22N2O5. The first-order valence-corrected chi connectivity index (χ1v) is 9.65. The van der Waals surface area contributed by atoms with Crippen LogP contribution in [0.3, 0.4) is 0 Å². The lowest BCUT2D eigenvalue weighted by atomic mass is 10.0. The highest BCUT2D eigenvalue weighted by molar-refractivity contribution is 6.29. The molecule has 0 unspecified atom stereocenters. The molecule has 3 aromatic carbocycles. The summed E-state index contributed by atoms with van der Waals surface area (Å²) >= 11 is 0. The van der Waals surface area contributed by atoms with Crippen LogP contribution >= 0.6 is 0 Å². The average Bonchev–Trinajstić information content (AvgIpc) is 2.79. The van der Waals surface area contributed by atoms with Crippen LogP contribution in [0, 0.1) is 10.1 Å². The van der Waals surface area contributed by atoms with Gasteiger partial charge in [0.05, 0.1) is 30.4 Å². The lowest BCUT2D eigenvalue weighted by Crippen LogP contribution is -2.14. The van der Waals surface area contributed by atoms with E-state index in [0.717, 1.165) is 16.9 Å². The normalized spacial score (nSPS) is 11.0. The number of benzene rings is 3. The van der Waals surface area contributed by atoms with Gasteiger partial charge in [-0.2, -0.15) is 0 Å². The van der Waals surface area contributed by atoms with E-state index in [1.54, 1.807) is 6.08 Å². The zero-order valence-corrected chi connectivity index (χ0v) is 17.2. The quantitative estimate of drug-likeness (QED) is 0.236. The molecule has 0 saturated carbocycles. The van der Waals surface area contributed by atoms with E-state index in [9.17, 15) is 14.9 Å². The van der Waals surface area contributed by atoms with Gasteiger partial charge >= 0.3 is 0 Å². The Kier molecular flexibility index (Phi) is 7.01. The number of carbonyl (C=O) groups is 1. The van der Waals surface area contributed by atoms with Crippen LogP contribution in [0.4, 0.5) is 11.4 Å². The molecule has 0 bridgehead atoms. The minimum Gasteiger partial charge on any atom is -0.494 e. The molecule has 0 radical (unpaired) electrons. The minimum absolute atomic E-state index is 0.122. The summed E-state index contributed by atoms with van der Waals surface area (Å²) in [6.45, 7) is 2.49. The summed E-state index contributed by atoms with van der Waals surface area (Å²) in [6, 6.07) is 20.7. The van der Waals surface area contributed by atoms with Crippen LogP contribution in [-0.2, 0) is 4.79 Å². The van der Waals surface area contributed by atoms with Crippen molar-refractivity contribution < 1.29 is 19.2 Å². The van der Waals surface area contributed by atoms with Gasteiger partial charge in [0.25, 0.3) is 11.6 Å². The van der Waals surface area contributed by atoms with Crippen LogP contribution in [0.5, 0.6) is 11.5 Å². The largest absolute Gasteiger partial charge is 0.494 e. The molecule has 0 atom stereocenters. The fraction of sp³-hybridized carbons (Fsp3) is 0.125. The van der Waals surface area contributed by atoms with Gasteiger partial charge in [-0.05, 0) is 42.3 Å². The highest BCUT2D eigenvalue weighted by Gasteiger charge is 2.17. The monoisotopic (exact) mass is 418 g/mol. The summed E-state index contributed by atoms with van der Waals surface area (Å²) in [6.07, 6.45) is 1.78. The number of nitrogens with one attached hydrogen (secondary N) is 1. The number of carbonyl (C=O) groups excluding carboxylic acids is 1. The molecule has 0 aromatic heterocycles. The number of amides is 1. The molecule has 1 amide bonds. The highest BCUT2D eigenvalue weighted by Crippen LogP contribution is 2.30. The zero-order chi connectivity index (χ0) is 22.2. The minimum atomic E-state index is -0.519. The molecule has 3 rings (SSSR count). The van der Waals surface area contributed by atoms with Crippen molar-refractivity contribution in [2.75, 3.05) is 19.0 Å². The molecule has 3 aromatic rings. The number of rotatable bonds is 8. The van der Waals surface area contributed by atoms with Crippen molar-refractivity contribution >= 4 is 28.9 Å². The fourth-order valence-corrected chi connectivity index (χ4v) is 2.98. The Morgan fingerprint density at radius 2 is 1.77 bits per heavy atom. The second-order valence-corrected chi connectivity index (χ2v) is 6.52. The van der Waals surface area contributed by atoms with E-state index in [1.807, 2.05) is 61.5 Å². The standard InChI is InChI=1S/C24H22N2O5/c1-3-31-20-12-9-17(10-13-20)15-21(18-7-5-4-6-8-18)24(27)25-22-14-11-19(26(28)29)16-23(22)30-2/h4-16H,3H2,1-2H3,(H,25,27)/b21-15+. The SMILES string of the molecule is CCOc1ccc(/C=C(/C(=O)Nc2ccc([N+](=O)[O-])cc2OC)c2ccccc2)cc1. The molecule has 0 spiro atoms.